The Hall–Kier alpha value is -2.63. The number of unbranched alkanes of at least 4 members (excludes halogenated alkanes) is 2. The number of aromatic nitrogens is 1. The summed E-state index contributed by atoms with van der Waals surface area (Å²) >= 11 is 0. The van der Waals surface area contributed by atoms with Crippen LogP contribution in [0.25, 0.3) is 11.3 Å². The predicted octanol–water partition coefficient (Wildman–Crippen LogP) is 3.02. The third kappa shape index (κ3) is 4.95. The summed E-state index contributed by atoms with van der Waals surface area (Å²) in [6, 6.07) is 7.67. The van der Waals surface area contributed by atoms with E-state index in [1.807, 2.05) is 31.2 Å². The molecule has 0 fully saturated rings. The van der Waals surface area contributed by atoms with E-state index in [-0.39, 0.29) is 18.0 Å². The number of aryl methyl sites for hydroxylation is 1. The standard InChI is InChI=1S/C17H20N2O4/c1-12-6-8-13(9-7-12)16-15(19-11-23-16)17(22)18-10-4-2-3-5-14(20)21/h6-9,11H,2-5,10H2,1H3,(H,18,22)(H,20,21). The first-order valence-corrected chi connectivity index (χ1v) is 7.58. The van der Waals surface area contributed by atoms with Gasteiger partial charge < -0.3 is 14.8 Å². The lowest BCUT2D eigenvalue weighted by Gasteiger charge is -2.05. The Morgan fingerprint density at radius 1 is 1.17 bits per heavy atom. The second-order valence-electron chi connectivity index (χ2n) is 5.36. The zero-order valence-electron chi connectivity index (χ0n) is 13.0. The van der Waals surface area contributed by atoms with Crippen molar-refractivity contribution in [2.45, 2.75) is 32.6 Å². The van der Waals surface area contributed by atoms with Crippen LogP contribution < -0.4 is 5.32 Å². The quantitative estimate of drug-likeness (QED) is 0.730. The topological polar surface area (TPSA) is 92.4 Å². The molecule has 0 aliphatic heterocycles. The number of nitrogens with zero attached hydrogens (tertiary/aromatic N) is 1. The first-order chi connectivity index (χ1) is 11.1. The summed E-state index contributed by atoms with van der Waals surface area (Å²) in [7, 11) is 0. The van der Waals surface area contributed by atoms with Crippen LogP contribution in [0.5, 0.6) is 0 Å². The SMILES string of the molecule is Cc1ccc(-c2ocnc2C(=O)NCCCCCC(=O)O)cc1. The van der Waals surface area contributed by atoms with Gasteiger partial charge >= 0.3 is 5.97 Å². The van der Waals surface area contributed by atoms with Crippen molar-refractivity contribution in [1.82, 2.24) is 10.3 Å². The highest BCUT2D eigenvalue weighted by molar-refractivity contribution is 5.97. The van der Waals surface area contributed by atoms with E-state index in [4.69, 9.17) is 9.52 Å². The number of carbonyl (C=O) groups is 2. The summed E-state index contributed by atoms with van der Waals surface area (Å²) in [5, 5.41) is 11.3. The number of hydrogen-bond acceptors (Lipinski definition) is 4. The van der Waals surface area contributed by atoms with Crippen molar-refractivity contribution in [2.24, 2.45) is 0 Å². The van der Waals surface area contributed by atoms with E-state index in [1.165, 1.54) is 6.39 Å². The van der Waals surface area contributed by atoms with Crippen LogP contribution in [-0.4, -0.2) is 28.5 Å². The fourth-order valence-corrected chi connectivity index (χ4v) is 2.18. The Bertz CT molecular complexity index is 661. The summed E-state index contributed by atoms with van der Waals surface area (Å²) < 4.78 is 5.35. The van der Waals surface area contributed by atoms with Crippen molar-refractivity contribution in [3.63, 3.8) is 0 Å². The Morgan fingerprint density at radius 2 is 1.91 bits per heavy atom. The molecule has 6 heteroatoms. The Balaban J connectivity index is 1.87. The number of hydrogen-bond donors (Lipinski definition) is 2. The third-order valence-corrected chi connectivity index (χ3v) is 3.45. The average molecular weight is 316 g/mol. The smallest absolute Gasteiger partial charge is 0.303 e. The lowest BCUT2D eigenvalue weighted by Crippen LogP contribution is -2.25. The molecule has 0 bridgehead atoms. The molecule has 1 heterocycles. The fraction of sp³-hybridized carbons (Fsp3) is 0.353. The first kappa shape index (κ1) is 16.7. The van der Waals surface area contributed by atoms with Gasteiger partial charge in [-0.2, -0.15) is 0 Å². The van der Waals surface area contributed by atoms with Gasteiger partial charge in [-0.1, -0.05) is 36.2 Å². The van der Waals surface area contributed by atoms with E-state index in [1.54, 1.807) is 0 Å². The van der Waals surface area contributed by atoms with Crippen LogP contribution in [0.1, 0.15) is 41.7 Å². The number of carboxylic acid groups (broad SMARTS) is 1. The van der Waals surface area contributed by atoms with E-state index in [9.17, 15) is 9.59 Å². The largest absolute Gasteiger partial charge is 0.481 e. The van der Waals surface area contributed by atoms with Gasteiger partial charge in [0.1, 0.15) is 0 Å². The number of amides is 1. The van der Waals surface area contributed by atoms with Crippen molar-refractivity contribution in [1.29, 1.82) is 0 Å². The third-order valence-electron chi connectivity index (χ3n) is 3.45. The molecule has 23 heavy (non-hydrogen) atoms. The van der Waals surface area contributed by atoms with Crippen LogP contribution in [-0.2, 0) is 4.79 Å². The van der Waals surface area contributed by atoms with Gasteiger partial charge in [0.15, 0.2) is 17.8 Å². The van der Waals surface area contributed by atoms with Gasteiger partial charge in [0, 0.05) is 18.5 Å². The molecule has 0 atom stereocenters. The lowest BCUT2D eigenvalue weighted by atomic mass is 10.1. The molecular weight excluding hydrogens is 296 g/mol. The average Bonchev–Trinajstić information content (AvgIpc) is 3.00. The molecule has 0 unspecified atom stereocenters. The maximum atomic E-state index is 12.2. The van der Waals surface area contributed by atoms with Gasteiger partial charge in [0.05, 0.1) is 0 Å². The second-order valence-corrected chi connectivity index (χ2v) is 5.36. The second kappa shape index (κ2) is 8.12. The van der Waals surface area contributed by atoms with E-state index < -0.39 is 5.97 Å². The van der Waals surface area contributed by atoms with E-state index in [0.29, 0.717) is 18.7 Å². The molecule has 0 saturated carbocycles. The minimum atomic E-state index is -0.792. The molecule has 122 valence electrons. The highest BCUT2D eigenvalue weighted by Gasteiger charge is 2.17. The summed E-state index contributed by atoms with van der Waals surface area (Å²) in [6.07, 6.45) is 3.53. The molecule has 1 aromatic heterocycles. The molecule has 0 radical (unpaired) electrons. The van der Waals surface area contributed by atoms with Gasteiger partial charge in [-0.05, 0) is 19.8 Å². The van der Waals surface area contributed by atoms with E-state index in [2.05, 4.69) is 10.3 Å². The number of oxazole rings is 1. The molecule has 0 saturated heterocycles. The maximum absolute atomic E-state index is 12.2. The Morgan fingerprint density at radius 3 is 2.61 bits per heavy atom. The number of carboxylic acids is 1. The van der Waals surface area contributed by atoms with Gasteiger partial charge in [-0.3, -0.25) is 9.59 Å². The van der Waals surface area contributed by atoms with Crippen molar-refractivity contribution >= 4 is 11.9 Å². The molecule has 0 aliphatic carbocycles. The van der Waals surface area contributed by atoms with Gasteiger partial charge in [0.2, 0.25) is 0 Å². The molecular formula is C17H20N2O4. The lowest BCUT2D eigenvalue weighted by molar-refractivity contribution is -0.137. The molecule has 2 rings (SSSR count). The summed E-state index contributed by atoms with van der Waals surface area (Å²) in [4.78, 5) is 26.6. The number of nitrogens with one attached hydrogen (secondary N) is 1. The Kier molecular flexibility index (Phi) is 5.91. The highest BCUT2D eigenvalue weighted by Crippen LogP contribution is 2.23. The molecule has 1 aromatic carbocycles. The molecule has 6 nitrogen and oxygen atoms in total. The number of rotatable bonds is 8. The summed E-state index contributed by atoms with van der Waals surface area (Å²) in [5.41, 5.74) is 2.19. The van der Waals surface area contributed by atoms with Crippen LogP contribution in [0.4, 0.5) is 0 Å². The molecule has 2 aromatic rings. The normalized spacial score (nSPS) is 10.5. The van der Waals surface area contributed by atoms with Crippen molar-refractivity contribution in [2.75, 3.05) is 6.54 Å². The maximum Gasteiger partial charge on any atom is 0.303 e. The number of benzene rings is 1. The predicted molar refractivity (Wildman–Crippen MR) is 85.1 cm³/mol. The van der Waals surface area contributed by atoms with Crippen LogP contribution >= 0.6 is 0 Å². The van der Waals surface area contributed by atoms with Crippen molar-refractivity contribution in [3.8, 4) is 11.3 Å². The molecule has 2 N–H and O–H groups in total. The van der Waals surface area contributed by atoms with Crippen molar-refractivity contribution < 1.29 is 19.1 Å². The van der Waals surface area contributed by atoms with Crippen LogP contribution in [0.15, 0.2) is 35.1 Å². The van der Waals surface area contributed by atoms with Gasteiger partial charge in [0.25, 0.3) is 5.91 Å². The van der Waals surface area contributed by atoms with Crippen LogP contribution in [0, 0.1) is 6.92 Å². The monoisotopic (exact) mass is 316 g/mol. The van der Waals surface area contributed by atoms with Gasteiger partial charge in [-0.25, -0.2) is 4.98 Å². The van der Waals surface area contributed by atoms with E-state index >= 15 is 0 Å². The molecule has 0 aliphatic rings. The van der Waals surface area contributed by atoms with E-state index in [0.717, 1.165) is 24.0 Å². The number of aliphatic carboxylic acids is 1. The highest BCUT2D eigenvalue weighted by atomic mass is 16.4. The summed E-state index contributed by atoms with van der Waals surface area (Å²) in [5.74, 6) is -0.625. The number of carbonyl (C=O) groups excluding carboxylic acids is 1. The van der Waals surface area contributed by atoms with Crippen LogP contribution in [0.2, 0.25) is 0 Å². The zero-order chi connectivity index (χ0) is 16.7. The minimum Gasteiger partial charge on any atom is -0.481 e. The van der Waals surface area contributed by atoms with Gasteiger partial charge in [-0.15, -0.1) is 0 Å². The first-order valence-electron chi connectivity index (χ1n) is 7.58. The van der Waals surface area contributed by atoms with Crippen LogP contribution in [0.3, 0.4) is 0 Å². The zero-order valence-corrected chi connectivity index (χ0v) is 13.0. The molecule has 0 spiro atoms. The fourth-order valence-electron chi connectivity index (χ4n) is 2.18. The van der Waals surface area contributed by atoms with Crippen molar-refractivity contribution in [3.05, 3.63) is 41.9 Å². The minimum absolute atomic E-state index is 0.162. The summed E-state index contributed by atoms with van der Waals surface area (Å²) in [6.45, 7) is 2.47. The molecule has 1 amide bonds. The Labute approximate surface area is 134 Å².